The summed E-state index contributed by atoms with van der Waals surface area (Å²) in [5, 5.41) is 30.3. The highest BCUT2D eigenvalue weighted by Gasteiger charge is 2.20. The minimum absolute atomic E-state index is 0.00405. The van der Waals surface area contributed by atoms with Crippen molar-refractivity contribution in [2.45, 2.75) is 31.2 Å². The van der Waals surface area contributed by atoms with Crippen LogP contribution in [0.5, 0.6) is 0 Å². The van der Waals surface area contributed by atoms with Gasteiger partial charge in [-0.25, -0.2) is 0 Å². The molecule has 0 spiro atoms. The lowest BCUT2D eigenvalue weighted by molar-refractivity contribution is -0.138. The zero-order valence-corrected chi connectivity index (χ0v) is 11.5. The Balaban J connectivity index is 4.18. The van der Waals surface area contributed by atoms with Gasteiger partial charge in [-0.1, -0.05) is 0 Å². The first kappa shape index (κ1) is 18.6. The Kier molecular flexibility index (Phi) is 8.88. The van der Waals surface area contributed by atoms with Crippen LogP contribution in [0.4, 0.5) is 0 Å². The van der Waals surface area contributed by atoms with E-state index in [0.717, 1.165) is 0 Å². The molecule has 10 heteroatoms. The largest absolute Gasteiger partial charge is 0.480 e. The molecular weight excluding hydrogens is 290 g/mol. The minimum atomic E-state index is -1.69. The first-order valence-electron chi connectivity index (χ1n) is 5.80. The predicted octanol–water partition coefficient (Wildman–Crippen LogP) is -2.98. The van der Waals surface area contributed by atoms with E-state index < -0.39 is 36.2 Å². The average Bonchev–Trinajstić information content (AvgIpc) is 2.38. The molecular formula is C10H19N3O6S. The molecule has 0 radical (unpaired) electrons. The van der Waals surface area contributed by atoms with Crippen molar-refractivity contribution in [3.63, 3.8) is 0 Å². The van der Waals surface area contributed by atoms with E-state index in [1.165, 1.54) is 0 Å². The molecule has 9 nitrogen and oxygen atoms in total. The fraction of sp³-hybridized carbons (Fsp3) is 0.700. The number of aliphatic carboxylic acids is 1. The second-order valence-electron chi connectivity index (χ2n) is 4.01. The fourth-order valence-corrected chi connectivity index (χ4v) is 1.44. The van der Waals surface area contributed by atoms with Crippen molar-refractivity contribution < 1.29 is 29.7 Å². The quantitative estimate of drug-likeness (QED) is 0.176. The van der Waals surface area contributed by atoms with Crippen molar-refractivity contribution in [2.24, 2.45) is 5.73 Å². The predicted molar refractivity (Wildman–Crippen MR) is 71.9 cm³/mol. The average molecular weight is 309 g/mol. The fourth-order valence-electron chi connectivity index (χ4n) is 1.19. The topological polar surface area (TPSA) is 162 Å². The molecule has 0 aliphatic carbocycles. The minimum Gasteiger partial charge on any atom is -0.480 e. The highest BCUT2D eigenvalue weighted by atomic mass is 32.1. The molecule has 116 valence electrons. The highest BCUT2D eigenvalue weighted by Crippen LogP contribution is 1.97. The third kappa shape index (κ3) is 7.94. The van der Waals surface area contributed by atoms with Gasteiger partial charge in [-0.15, -0.1) is 0 Å². The van der Waals surface area contributed by atoms with E-state index in [4.69, 9.17) is 21.1 Å². The molecule has 7 N–H and O–H groups in total. The van der Waals surface area contributed by atoms with Gasteiger partial charge in [-0.2, -0.15) is 12.6 Å². The summed E-state index contributed by atoms with van der Waals surface area (Å²) in [7, 11) is 0. The number of nitrogens with two attached hydrogens (primary N) is 1. The smallest absolute Gasteiger partial charge is 0.320 e. The summed E-state index contributed by atoms with van der Waals surface area (Å²) in [5.41, 5.74) is 5.24. The maximum absolute atomic E-state index is 11.5. The van der Waals surface area contributed by atoms with Gasteiger partial charge in [0, 0.05) is 12.2 Å². The van der Waals surface area contributed by atoms with Crippen molar-refractivity contribution in [2.75, 3.05) is 12.3 Å². The SMILES string of the molecule is N[C@@H](CCC(=O)N[C@@H](CS)C(=O)NCC(O)O)C(=O)O. The summed E-state index contributed by atoms with van der Waals surface area (Å²) in [5.74, 6) is -2.37. The van der Waals surface area contributed by atoms with E-state index in [1.54, 1.807) is 0 Å². The van der Waals surface area contributed by atoms with Crippen LogP contribution in [0, 0.1) is 0 Å². The Morgan fingerprint density at radius 1 is 1.25 bits per heavy atom. The molecule has 20 heavy (non-hydrogen) atoms. The molecule has 0 rings (SSSR count). The number of hydrogen-bond donors (Lipinski definition) is 7. The van der Waals surface area contributed by atoms with Gasteiger partial charge in [0.1, 0.15) is 12.1 Å². The lowest BCUT2D eigenvalue weighted by atomic mass is 10.1. The Bertz CT molecular complexity index is 352. The third-order valence-electron chi connectivity index (χ3n) is 2.29. The standard InChI is InChI=1S/C10H19N3O6S/c11-5(10(18)19)1-2-7(14)13-6(4-20)9(17)12-3-8(15)16/h5-6,8,15-16,20H,1-4,11H2,(H,12,17)(H,13,14)(H,18,19)/t5-,6-/m0/s1. The number of aliphatic hydroxyl groups is 2. The maximum Gasteiger partial charge on any atom is 0.320 e. The van der Waals surface area contributed by atoms with Crippen molar-refractivity contribution >= 4 is 30.4 Å². The number of carboxylic acids is 1. The molecule has 0 aromatic carbocycles. The summed E-state index contributed by atoms with van der Waals surface area (Å²) in [6.07, 6.45) is -1.89. The highest BCUT2D eigenvalue weighted by molar-refractivity contribution is 7.80. The lowest BCUT2D eigenvalue weighted by Gasteiger charge is -2.17. The van der Waals surface area contributed by atoms with Gasteiger partial charge >= 0.3 is 5.97 Å². The number of nitrogens with one attached hydrogen (secondary N) is 2. The Labute approximate surface area is 120 Å². The number of hydrogen-bond acceptors (Lipinski definition) is 7. The first-order valence-corrected chi connectivity index (χ1v) is 6.43. The van der Waals surface area contributed by atoms with Gasteiger partial charge < -0.3 is 31.7 Å². The van der Waals surface area contributed by atoms with E-state index in [-0.39, 0.29) is 25.1 Å². The van der Waals surface area contributed by atoms with Crippen LogP contribution in [-0.4, -0.2) is 63.8 Å². The molecule has 0 aromatic rings. The number of amides is 2. The third-order valence-corrected chi connectivity index (χ3v) is 2.66. The number of carboxylic acid groups (broad SMARTS) is 1. The second kappa shape index (κ2) is 9.53. The van der Waals surface area contributed by atoms with Crippen LogP contribution in [0.3, 0.4) is 0 Å². The van der Waals surface area contributed by atoms with Gasteiger partial charge in [0.25, 0.3) is 0 Å². The summed E-state index contributed by atoms with van der Waals surface area (Å²) in [6, 6.07) is -2.10. The molecule has 0 aromatic heterocycles. The Hall–Kier alpha value is -1.36. The number of carbonyl (C=O) groups excluding carboxylic acids is 2. The van der Waals surface area contributed by atoms with E-state index in [2.05, 4.69) is 23.3 Å². The van der Waals surface area contributed by atoms with Crippen LogP contribution in [0.25, 0.3) is 0 Å². The van der Waals surface area contributed by atoms with Crippen LogP contribution in [0.1, 0.15) is 12.8 Å². The monoisotopic (exact) mass is 309 g/mol. The van der Waals surface area contributed by atoms with Crippen molar-refractivity contribution in [3.8, 4) is 0 Å². The van der Waals surface area contributed by atoms with E-state index in [1.807, 2.05) is 0 Å². The molecule has 2 atom stereocenters. The van der Waals surface area contributed by atoms with Crippen molar-refractivity contribution in [1.29, 1.82) is 0 Å². The molecule has 0 saturated heterocycles. The number of carbonyl (C=O) groups is 3. The number of thiol groups is 1. The summed E-state index contributed by atoms with van der Waals surface area (Å²) >= 11 is 3.90. The molecule has 0 aliphatic rings. The van der Waals surface area contributed by atoms with Crippen molar-refractivity contribution in [3.05, 3.63) is 0 Å². The van der Waals surface area contributed by atoms with Crippen LogP contribution in [-0.2, 0) is 14.4 Å². The molecule has 0 heterocycles. The van der Waals surface area contributed by atoms with Crippen LogP contribution in [0.15, 0.2) is 0 Å². The Morgan fingerprint density at radius 3 is 2.30 bits per heavy atom. The van der Waals surface area contributed by atoms with E-state index in [9.17, 15) is 14.4 Å². The van der Waals surface area contributed by atoms with Gasteiger partial charge in [-0.05, 0) is 6.42 Å². The van der Waals surface area contributed by atoms with Gasteiger partial charge in [0.15, 0.2) is 6.29 Å². The molecule has 0 saturated carbocycles. The van der Waals surface area contributed by atoms with Gasteiger partial charge in [-0.3, -0.25) is 14.4 Å². The van der Waals surface area contributed by atoms with Crippen LogP contribution < -0.4 is 16.4 Å². The summed E-state index contributed by atoms with van der Waals surface area (Å²) in [4.78, 5) is 33.5. The van der Waals surface area contributed by atoms with E-state index >= 15 is 0 Å². The van der Waals surface area contributed by atoms with Gasteiger partial charge in [0.05, 0.1) is 6.54 Å². The number of rotatable bonds is 9. The molecule has 0 bridgehead atoms. The Morgan fingerprint density at radius 2 is 1.85 bits per heavy atom. The maximum atomic E-state index is 11.5. The zero-order valence-electron chi connectivity index (χ0n) is 10.7. The van der Waals surface area contributed by atoms with Crippen molar-refractivity contribution in [1.82, 2.24) is 10.6 Å². The molecule has 0 unspecified atom stereocenters. The normalized spacial score (nSPS) is 13.7. The first-order chi connectivity index (χ1) is 9.27. The molecule has 0 aliphatic heterocycles. The van der Waals surface area contributed by atoms with Crippen LogP contribution >= 0.6 is 12.6 Å². The number of aliphatic hydroxyl groups excluding tert-OH is 1. The zero-order chi connectivity index (χ0) is 15.7. The molecule has 0 fully saturated rings. The summed E-state index contributed by atoms with van der Waals surface area (Å²) in [6.45, 7) is -0.372. The van der Waals surface area contributed by atoms with E-state index in [0.29, 0.717) is 0 Å². The van der Waals surface area contributed by atoms with Crippen LogP contribution in [0.2, 0.25) is 0 Å². The molecule has 2 amide bonds. The van der Waals surface area contributed by atoms with Gasteiger partial charge in [0.2, 0.25) is 11.8 Å². The lowest BCUT2D eigenvalue weighted by Crippen LogP contribution is -2.49. The summed E-state index contributed by atoms with van der Waals surface area (Å²) < 4.78 is 0. The second-order valence-corrected chi connectivity index (χ2v) is 4.38.